The molecule has 2 aliphatic rings. The quantitative estimate of drug-likeness (QED) is 0.407. The number of benzene rings is 2. The average Bonchev–Trinajstić information content (AvgIpc) is 3.17. The molecule has 4 rings (SSSR count). The van der Waals surface area contributed by atoms with Gasteiger partial charge >= 0.3 is 0 Å². The van der Waals surface area contributed by atoms with Crippen LogP contribution in [-0.2, 0) is 16.6 Å². The topological polar surface area (TPSA) is 60.1 Å². The first-order valence-electron chi connectivity index (χ1n) is 12.8. The highest BCUT2D eigenvalue weighted by molar-refractivity contribution is 5.73. The van der Waals surface area contributed by atoms with Gasteiger partial charge in [-0.05, 0) is 77.9 Å². The number of ether oxygens (including phenoxy) is 1. The minimum absolute atomic E-state index is 0.0816. The summed E-state index contributed by atoms with van der Waals surface area (Å²) in [6, 6.07) is 19.9. The molecule has 2 aromatic carbocycles. The summed E-state index contributed by atoms with van der Waals surface area (Å²) in [5, 5.41) is 18.7. The third kappa shape index (κ3) is 5.55. The summed E-state index contributed by atoms with van der Waals surface area (Å²) >= 11 is 0. The molecule has 0 saturated heterocycles. The number of nitriles is 2. The summed E-state index contributed by atoms with van der Waals surface area (Å²) in [6.45, 7) is 15.1. The van der Waals surface area contributed by atoms with E-state index < -0.39 is 0 Å². The molecule has 0 bridgehead atoms. The van der Waals surface area contributed by atoms with Gasteiger partial charge in [-0.25, -0.2) is 0 Å². The van der Waals surface area contributed by atoms with Crippen LogP contribution in [0.15, 0.2) is 83.4 Å². The SMILES string of the molecule is CC1Cc2cc(/C=C/C3=CC(=C(C#N)C#N)C=C(C(C)(C)C)O3)ccc2N1c1ccc(C(C)(C)C)cc1. The van der Waals surface area contributed by atoms with E-state index in [0.717, 1.165) is 17.7 Å². The zero-order chi connectivity index (χ0) is 27.0. The first-order chi connectivity index (χ1) is 17.4. The predicted molar refractivity (Wildman–Crippen MR) is 151 cm³/mol. The molecule has 0 radical (unpaired) electrons. The van der Waals surface area contributed by atoms with Crippen LogP contribution in [0, 0.1) is 28.1 Å². The molecule has 0 N–H and O–H groups in total. The zero-order valence-electron chi connectivity index (χ0n) is 22.9. The van der Waals surface area contributed by atoms with Crippen LogP contribution in [-0.4, -0.2) is 6.04 Å². The van der Waals surface area contributed by atoms with Crippen LogP contribution in [0.4, 0.5) is 11.4 Å². The molecule has 2 heterocycles. The number of rotatable bonds is 3. The maximum Gasteiger partial charge on any atom is 0.137 e. The molecule has 4 nitrogen and oxygen atoms in total. The van der Waals surface area contributed by atoms with Crippen molar-refractivity contribution in [3.05, 3.63) is 100 Å². The van der Waals surface area contributed by atoms with Gasteiger partial charge in [-0.1, -0.05) is 65.8 Å². The standard InChI is InChI=1S/C33H35N3O/c1-22-16-25-17-23(9-15-30(25)36(22)28-12-10-27(11-13-28)32(2,3)4)8-14-29-18-24(26(20-34)21-35)19-31(37-29)33(5,6)7/h8-15,17-19,22H,16H2,1-7H3/b14-8+. The molecule has 37 heavy (non-hydrogen) atoms. The lowest BCUT2D eigenvalue weighted by atomic mass is 9.87. The fraction of sp³-hybridized carbons (Fsp3) is 0.333. The molecular weight excluding hydrogens is 454 g/mol. The highest BCUT2D eigenvalue weighted by atomic mass is 16.5. The highest BCUT2D eigenvalue weighted by Gasteiger charge is 2.28. The van der Waals surface area contributed by atoms with E-state index in [1.165, 1.54) is 22.5 Å². The van der Waals surface area contributed by atoms with Crippen LogP contribution in [0.1, 0.15) is 65.2 Å². The summed E-state index contributed by atoms with van der Waals surface area (Å²) < 4.78 is 6.13. The molecule has 1 atom stereocenters. The van der Waals surface area contributed by atoms with Gasteiger partial charge in [0.25, 0.3) is 0 Å². The summed E-state index contributed by atoms with van der Waals surface area (Å²) in [4.78, 5) is 2.42. The van der Waals surface area contributed by atoms with E-state index >= 15 is 0 Å². The molecule has 0 aromatic heterocycles. The van der Waals surface area contributed by atoms with Crippen molar-refractivity contribution in [1.82, 2.24) is 0 Å². The van der Waals surface area contributed by atoms with Gasteiger partial charge in [0, 0.05) is 28.4 Å². The second kappa shape index (κ2) is 9.79. The lowest BCUT2D eigenvalue weighted by molar-refractivity contribution is 0.223. The Hall–Kier alpha value is -4.02. The van der Waals surface area contributed by atoms with Crippen LogP contribution in [0.2, 0.25) is 0 Å². The molecule has 1 unspecified atom stereocenters. The minimum Gasteiger partial charge on any atom is -0.461 e. The summed E-state index contributed by atoms with van der Waals surface area (Å²) in [5.74, 6) is 1.34. The van der Waals surface area contributed by atoms with Crippen LogP contribution < -0.4 is 4.90 Å². The summed E-state index contributed by atoms with van der Waals surface area (Å²) in [6.07, 6.45) is 8.46. The van der Waals surface area contributed by atoms with Gasteiger partial charge in [-0.2, -0.15) is 10.5 Å². The molecule has 188 valence electrons. The van der Waals surface area contributed by atoms with Crippen LogP contribution in [0.5, 0.6) is 0 Å². The van der Waals surface area contributed by atoms with Crippen LogP contribution in [0.3, 0.4) is 0 Å². The van der Waals surface area contributed by atoms with Crippen LogP contribution in [0.25, 0.3) is 6.08 Å². The minimum atomic E-state index is -0.257. The van der Waals surface area contributed by atoms with E-state index in [9.17, 15) is 10.5 Å². The van der Waals surface area contributed by atoms with Gasteiger partial charge < -0.3 is 9.64 Å². The summed E-state index contributed by atoms with van der Waals surface area (Å²) in [7, 11) is 0. The second-order valence-electron chi connectivity index (χ2n) is 11.9. The van der Waals surface area contributed by atoms with Crippen molar-refractivity contribution in [1.29, 1.82) is 10.5 Å². The molecule has 0 saturated carbocycles. The number of anilines is 2. The monoisotopic (exact) mass is 489 g/mol. The third-order valence-electron chi connectivity index (χ3n) is 6.83. The maximum atomic E-state index is 9.37. The smallest absolute Gasteiger partial charge is 0.137 e. The first kappa shape index (κ1) is 26.1. The number of hydrogen-bond donors (Lipinski definition) is 0. The Balaban J connectivity index is 1.60. The molecule has 0 aliphatic carbocycles. The van der Waals surface area contributed by atoms with Crippen molar-refractivity contribution in [3.8, 4) is 12.1 Å². The van der Waals surface area contributed by atoms with Crippen molar-refractivity contribution in [2.45, 2.75) is 66.3 Å². The third-order valence-corrected chi connectivity index (χ3v) is 6.83. The summed E-state index contributed by atoms with van der Waals surface area (Å²) in [5.41, 5.74) is 6.74. The van der Waals surface area contributed by atoms with Crippen molar-refractivity contribution < 1.29 is 4.74 Å². The highest BCUT2D eigenvalue weighted by Crippen LogP contribution is 2.40. The Labute approximate surface area is 221 Å². The van der Waals surface area contributed by atoms with E-state index in [1.54, 1.807) is 12.2 Å². The Morgan fingerprint density at radius 2 is 1.59 bits per heavy atom. The van der Waals surface area contributed by atoms with Gasteiger partial charge in [0.05, 0.1) is 0 Å². The predicted octanol–water partition coefficient (Wildman–Crippen LogP) is 8.27. The Morgan fingerprint density at radius 1 is 0.919 bits per heavy atom. The fourth-order valence-corrected chi connectivity index (χ4v) is 4.72. The van der Waals surface area contributed by atoms with Gasteiger partial charge in [0.2, 0.25) is 0 Å². The van der Waals surface area contributed by atoms with E-state index in [2.05, 4.69) is 75.1 Å². The Morgan fingerprint density at radius 3 is 2.19 bits per heavy atom. The number of allylic oxidation sites excluding steroid dienone is 6. The first-order valence-corrected chi connectivity index (χ1v) is 12.8. The normalized spacial score (nSPS) is 17.5. The van der Waals surface area contributed by atoms with Gasteiger partial charge in [0.1, 0.15) is 29.2 Å². The van der Waals surface area contributed by atoms with Gasteiger partial charge in [-0.3, -0.25) is 0 Å². The van der Waals surface area contributed by atoms with E-state index in [0.29, 0.717) is 17.4 Å². The Kier molecular flexibility index (Phi) is 6.90. The fourth-order valence-electron chi connectivity index (χ4n) is 4.72. The van der Waals surface area contributed by atoms with E-state index in [4.69, 9.17) is 4.74 Å². The number of nitrogens with zero attached hydrogens (tertiary/aromatic N) is 3. The molecule has 0 amide bonds. The van der Waals surface area contributed by atoms with Crippen molar-refractivity contribution >= 4 is 17.5 Å². The zero-order valence-corrected chi connectivity index (χ0v) is 22.9. The number of hydrogen-bond acceptors (Lipinski definition) is 4. The van der Waals surface area contributed by atoms with E-state index in [1.807, 2.05) is 45.1 Å². The molecule has 2 aromatic rings. The van der Waals surface area contributed by atoms with E-state index in [-0.39, 0.29) is 16.4 Å². The molecule has 0 spiro atoms. The lowest BCUT2D eigenvalue weighted by Gasteiger charge is -2.27. The largest absolute Gasteiger partial charge is 0.461 e. The number of fused-ring (bicyclic) bond motifs is 1. The van der Waals surface area contributed by atoms with Gasteiger partial charge in [0.15, 0.2) is 0 Å². The lowest BCUT2D eigenvalue weighted by Crippen LogP contribution is -2.24. The molecular formula is C33H35N3O. The van der Waals surface area contributed by atoms with Crippen molar-refractivity contribution in [2.24, 2.45) is 5.41 Å². The molecule has 2 aliphatic heterocycles. The van der Waals surface area contributed by atoms with Gasteiger partial charge in [-0.15, -0.1) is 0 Å². The molecule has 4 heteroatoms. The Bertz CT molecular complexity index is 1390. The van der Waals surface area contributed by atoms with Crippen LogP contribution >= 0.6 is 0 Å². The average molecular weight is 490 g/mol. The molecule has 0 fully saturated rings. The second-order valence-corrected chi connectivity index (χ2v) is 11.9. The van der Waals surface area contributed by atoms with Crippen molar-refractivity contribution in [3.63, 3.8) is 0 Å². The van der Waals surface area contributed by atoms with Crippen molar-refractivity contribution in [2.75, 3.05) is 4.90 Å². The maximum absolute atomic E-state index is 9.37.